The molecule has 2 aromatic carbocycles. The number of hydrogen-bond acceptors (Lipinski definition) is 4. The van der Waals surface area contributed by atoms with Gasteiger partial charge in [-0.05, 0) is 44.9 Å². The molecule has 2 amide bonds. The predicted molar refractivity (Wildman–Crippen MR) is 114 cm³/mol. The van der Waals surface area contributed by atoms with E-state index in [0.29, 0.717) is 17.3 Å². The molecule has 156 valence electrons. The number of aryl methyl sites for hydroxylation is 1. The predicted octanol–water partition coefficient (Wildman–Crippen LogP) is 4.70. The van der Waals surface area contributed by atoms with Crippen molar-refractivity contribution in [3.05, 3.63) is 64.7 Å². The standard InChI is InChI=1S/C22H27ClN2O4/c1-15-9-8-12-17(19(15)23)24-20(26)18(25-21(27)29-22(2,3)4)14-28-13-16-10-6-5-7-11-16/h5-12,18H,13-14H2,1-4H3,(H,24,26)(H,25,27). The number of carbonyl (C=O) groups is 2. The molecule has 29 heavy (non-hydrogen) atoms. The van der Waals surface area contributed by atoms with Gasteiger partial charge in [0.25, 0.3) is 0 Å². The molecule has 1 atom stereocenters. The highest BCUT2D eigenvalue weighted by atomic mass is 35.5. The summed E-state index contributed by atoms with van der Waals surface area (Å²) >= 11 is 6.26. The monoisotopic (exact) mass is 418 g/mol. The molecule has 0 bridgehead atoms. The van der Waals surface area contributed by atoms with Gasteiger partial charge in [0, 0.05) is 0 Å². The number of nitrogens with one attached hydrogen (secondary N) is 2. The van der Waals surface area contributed by atoms with Crippen molar-refractivity contribution in [1.82, 2.24) is 5.32 Å². The van der Waals surface area contributed by atoms with Gasteiger partial charge in [-0.1, -0.05) is 54.1 Å². The fourth-order valence-electron chi connectivity index (χ4n) is 2.47. The Kier molecular flexibility index (Phi) is 8.05. The topological polar surface area (TPSA) is 76.7 Å². The summed E-state index contributed by atoms with van der Waals surface area (Å²) in [6, 6.07) is 13.9. The molecule has 2 N–H and O–H groups in total. The van der Waals surface area contributed by atoms with Crippen LogP contribution in [0.4, 0.5) is 10.5 Å². The average molecular weight is 419 g/mol. The van der Waals surface area contributed by atoms with Crippen molar-refractivity contribution in [2.45, 2.75) is 45.9 Å². The lowest BCUT2D eigenvalue weighted by Crippen LogP contribution is -2.48. The van der Waals surface area contributed by atoms with Crippen LogP contribution in [0.5, 0.6) is 0 Å². The third kappa shape index (κ3) is 7.75. The molecule has 7 heteroatoms. The number of anilines is 1. The first-order valence-corrected chi connectivity index (χ1v) is 9.70. The quantitative estimate of drug-likeness (QED) is 0.683. The summed E-state index contributed by atoms with van der Waals surface area (Å²) in [5, 5.41) is 5.77. The molecular formula is C22H27ClN2O4. The van der Waals surface area contributed by atoms with Crippen LogP contribution < -0.4 is 10.6 Å². The third-order valence-electron chi connectivity index (χ3n) is 3.85. The van der Waals surface area contributed by atoms with E-state index in [9.17, 15) is 9.59 Å². The van der Waals surface area contributed by atoms with E-state index < -0.39 is 23.6 Å². The second-order valence-corrected chi connectivity index (χ2v) is 8.00. The van der Waals surface area contributed by atoms with E-state index in [4.69, 9.17) is 21.1 Å². The van der Waals surface area contributed by atoms with Gasteiger partial charge in [0.2, 0.25) is 5.91 Å². The smallest absolute Gasteiger partial charge is 0.408 e. The molecule has 0 aliphatic heterocycles. The van der Waals surface area contributed by atoms with Crippen molar-refractivity contribution in [1.29, 1.82) is 0 Å². The van der Waals surface area contributed by atoms with Gasteiger partial charge < -0.3 is 20.1 Å². The average Bonchev–Trinajstić information content (AvgIpc) is 2.64. The van der Waals surface area contributed by atoms with Crippen LogP contribution in [0.1, 0.15) is 31.9 Å². The number of carbonyl (C=O) groups excluding carboxylic acids is 2. The maximum Gasteiger partial charge on any atom is 0.408 e. The van der Waals surface area contributed by atoms with Crippen molar-refractivity contribution in [2.24, 2.45) is 0 Å². The number of rotatable bonds is 7. The third-order valence-corrected chi connectivity index (χ3v) is 4.35. The molecule has 0 aliphatic rings. The minimum Gasteiger partial charge on any atom is -0.444 e. The number of benzene rings is 2. The Labute approximate surface area is 176 Å². The summed E-state index contributed by atoms with van der Waals surface area (Å²) in [4.78, 5) is 25.0. The Morgan fingerprint density at radius 1 is 1.07 bits per heavy atom. The van der Waals surface area contributed by atoms with E-state index in [2.05, 4.69) is 10.6 Å². The largest absolute Gasteiger partial charge is 0.444 e. The summed E-state index contributed by atoms with van der Waals surface area (Å²) in [7, 11) is 0. The Hall–Kier alpha value is -2.57. The molecule has 0 spiro atoms. The summed E-state index contributed by atoms with van der Waals surface area (Å²) in [5.74, 6) is -0.448. The first-order valence-electron chi connectivity index (χ1n) is 9.33. The van der Waals surface area contributed by atoms with Crippen LogP contribution >= 0.6 is 11.6 Å². The van der Waals surface area contributed by atoms with Crippen molar-refractivity contribution >= 4 is 29.3 Å². The molecule has 0 aromatic heterocycles. The highest BCUT2D eigenvalue weighted by Crippen LogP contribution is 2.25. The summed E-state index contributed by atoms with van der Waals surface area (Å²) in [6.07, 6.45) is -0.698. The zero-order chi connectivity index (χ0) is 21.4. The molecule has 2 aromatic rings. The molecule has 0 aliphatic carbocycles. The fraction of sp³-hybridized carbons (Fsp3) is 0.364. The maximum atomic E-state index is 12.8. The lowest BCUT2D eigenvalue weighted by molar-refractivity contribution is -0.119. The number of amides is 2. The van der Waals surface area contributed by atoms with Crippen LogP contribution in [0.3, 0.4) is 0 Å². The summed E-state index contributed by atoms with van der Waals surface area (Å²) < 4.78 is 10.9. The number of hydrogen-bond donors (Lipinski definition) is 2. The highest BCUT2D eigenvalue weighted by molar-refractivity contribution is 6.34. The second-order valence-electron chi connectivity index (χ2n) is 7.63. The van der Waals surface area contributed by atoms with Gasteiger partial charge in [-0.15, -0.1) is 0 Å². The molecular weight excluding hydrogens is 392 g/mol. The van der Waals surface area contributed by atoms with Crippen LogP contribution in [0.25, 0.3) is 0 Å². The summed E-state index contributed by atoms with van der Waals surface area (Å²) in [6.45, 7) is 7.38. The Morgan fingerprint density at radius 2 is 1.76 bits per heavy atom. The Balaban J connectivity index is 2.06. The van der Waals surface area contributed by atoms with Crippen LogP contribution in [0, 0.1) is 6.92 Å². The van der Waals surface area contributed by atoms with Crippen LogP contribution in [0.2, 0.25) is 5.02 Å². The van der Waals surface area contributed by atoms with Crippen LogP contribution in [-0.2, 0) is 20.9 Å². The van der Waals surface area contributed by atoms with Crippen molar-refractivity contribution in [2.75, 3.05) is 11.9 Å². The zero-order valence-electron chi connectivity index (χ0n) is 17.1. The van der Waals surface area contributed by atoms with Gasteiger partial charge in [-0.3, -0.25) is 4.79 Å². The molecule has 6 nitrogen and oxygen atoms in total. The van der Waals surface area contributed by atoms with Gasteiger partial charge in [0.05, 0.1) is 23.9 Å². The van der Waals surface area contributed by atoms with E-state index in [-0.39, 0.29) is 6.61 Å². The van der Waals surface area contributed by atoms with E-state index in [1.807, 2.05) is 43.3 Å². The molecule has 0 saturated carbocycles. The maximum absolute atomic E-state index is 12.8. The Morgan fingerprint density at radius 3 is 2.41 bits per heavy atom. The lowest BCUT2D eigenvalue weighted by Gasteiger charge is -2.23. The fourth-order valence-corrected chi connectivity index (χ4v) is 2.64. The number of alkyl carbamates (subject to hydrolysis) is 1. The molecule has 1 unspecified atom stereocenters. The zero-order valence-corrected chi connectivity index (χ0v) is 17.9. The van der Waals surface area contributed by atoms with E-state index >= 15 is 0 Å². The highest BCUT2D eigenvalue weighted by Gasteiger charge is 2.25. The van der Waals surface area contributed by atoms with Gasteiger partial charge in [-0.25, -0.2) is 4.79 Å². The lowest BCUT2D eigenvalue weighted by atomic mass is 10.2. The summed E-state index contributed by atoms with van der Waals surface area (Å²) in [5.41, 5.74) is 1.58. The molecule has 0 saturated heterocycles. The minimum absolute atomic E-state index is 0.0244. The molecule has 0 radical (unpaired) electrons. The van der Waals surface area contributed by atoms with Gasteiger partial charge >= 0.3 is 6.09 Å². The minimum atomic E-state index is -0.954. The van der Waals surface area contributed by atoms with Gasteiger partial charge in [-0.2, -0.15) is 0 Å². The second kappa shape index (κ2) is 10.3. The van der Waals surface area contributed by atoms with Crippen LogP contribution in [-0.4, -0.2) is 30.3 Å². The normalized spacial score (nSPS) is 12.2. The first kappa shape index (κ1) is 22.7. The number of halogens is 1. The first-order chi connectivity index (χ1) is 13.7. The van der Waals surface area contributed by atoms with Crippen LogP contribution in [0.15, 0.2) is 48.5 Å². The SMILES string of the molecule is Cc1cccc(NC(=O)C(COCc2ccccc2)NC(=O)OC(C)(C)C)c1Cl. The Bertz CT molecular complexity index is 834. The van der Waals surface area contributed by atoms with Crippen molar-refractivity contribution in [3.63, 3.8) is 0 Å². The molecule has 0 heterocycles. The van der Waals surface area contributed by atoms with Crippen molar-refractivity contribution < 1.29 is 19.1 Å². The van der Waals surface area contributed by atoms with E-state index in [1.54, 1.807) is 32.9 Å². The molecule has 2 rings (SSSR count). The van der Waals surface area contributed by atoms with E-state index in [1.165, 1.54) is 0 Å². The van der Waals surface area contributed by atoms with Gasteiger partial charge in [0.1, 0.15) is 11.6 Å². The van der Waals surface area contributed by atoms with E-state index in [0.717, 1.165) is 11.1 Å². The number of ether oxygens (including phenoxy) is 2. The van der Waals surface area contributed by atoms with Gasteiger partial charge in [0.15, 0.2) is 0 Å². The molecule has 0 fully saturated rings. The van der Waals surface area contributed by atoms with Crippen molar-refractivity contribution in [3.8, 4) is 0 Å².